The zero-order valence-electron chi connectivity index (χ0n) is 8.13. The Hall–Kier alpha value is -0.830. The zero-order chi connectivity index (χ0) is 10.4. The number of carbonyl (C=O) groups excluding carboxylic acids is 1. The molecule has 0 heterocycles. The van der Waals surface area contributed by atoms with Crippen LogP contribution < -0.4 is 0 Å². The van der Waals surface area contributed by atoms with Gasteiger partial charge < -0.3 is 4.74 Å². The maximum atomic E-state index is 11.3. The Labute approximate surface area is 92.4 Å². The Morgan fingerprint density at radius 1 is 1.43 bits per heavy atom. The molecule has 14 heavy (non-hydrogen) atoms. The van der Waals surface area contributed by atoms with E-state index in [1.807, 2.05) is 31.2 Å². The number of ether oxygens (including phenoxy) is 1. The van der Waals surface area contributed by atoms with Gasteiger partial charge in [-0.05, 0) is 18.1 Å². The molecule has 0 N–H and O–H groups in total. The molecule has 0 unspecified atom stereocenters. The Kier molecular flexibility index (Phi) is 4.66. The Morgan fingerprint density at radius 3 is 2.79 bits per heavy atom. The summed E-state index contributed by atoms with van der Waals surface area (Å²) in [5.74, 6) is -0.168. The predicted octanol–water partition coefficient (Wildman–Crippen LogP) is 2.48. The number of hydrogen-bond acceptors (Lipinski definition) is 2. The third-order valence-electron chi connectivity index (χ3n) is 1.94. The lowest BCUT2D eigenvalue weighted by Gasteiger charge is -2.05. The maximum absolute atomic E-state index is 11.3. The Balaban J connectivity index is 2.52. The summed E-state index contributed by atoms with van der Waals surface area (Å²) in [6.45, 7) is 2.43. The molecule has 0 radical (unpaired) electrons. The van der Waals surface area contributed by atoms with Gasteiger partial charge in [0.2, 0.25) is 0 Å². The highest BCUT2D eigenvalue weighted by Gasteiger charge is 2.05. The van der Waals surface area contributed by atoms with Crippen LogP contribution >= 0.6 is 15.9 Å². The molecule has 0 aromatic heterocycles. The Morgan fingerprint density at radius 2 is 2.14 bits per heavy atom. The molecule has 0 saturated carbocycles. The largest absolute Gasteiger partial charge is 0.465 e. The number of carbonyl (C=O) groups is 1. The van der Waals surface area contributed by atoms with E-state index < -0.39 is 0 Å². The zero-order valence-corrected chi connectivity index (χ0v) is 9.71. The molecule has 1 aromatic rings. The van der Waals surface area contributed by atoms with Crippen molar-refractivity contribution in [3.63, 3.8) is 0 Å². The van der Waals surface area contributed by atoms with E-state index in [2.05, 4.69) is 15.9 Å². The summed E-state index contributed by atoms with van der Waals surface area (Å²) in [5.41, 5.74) is 2.16. The summed E-state index contributed by atoms with van der Waals surface area (Å²) in [6.07, 6.45) is 0.361. The average Bonchev–Trinajstić information content (AvgIpc) is 2.18. The van der Waals surface area contributed by atoms with Gasteiger partial charge in [-0.25, -0.2) is 0 Å². The first-order valence-corrected chi connectivity index (χ1v) is 5.62. The molecule has 1 rings (SSSR count). The third-order valence-corrected chi connectivity index (χ3v) is 2.26. The SMILES string of the molecule is Cc1ccccc1CC(=O)OCCBr. The minimum absolute atomic E-state index is 0.168. The molecule has 0 aliphatic carbocycles. The highest BCUT2D eigenvalue weighted by atomic mass is 79.9. The van der Waals surface area contributed by atoms with Crippen LogP contribution in [0.2, 0.25) is 0 Å². The van der Waals surface area contributed by atoms with Gasteiger partial charge in [-0.1, -0.05) is 40.2 Å². The first-order chi connectivity index (χ1) is 6.74. The van der Waals surface area contributed by atoms with E-state index in [1.54, 1.807) is 0 Å². The topological polar surface area (TPSA) is 26.3 Å². The molecular weight excluding hydrogens is 244 g/mol. The molecule has 0 fully saturated rings. The van der Waals surface area contributed by atoms with Gasteiger partial charge in [-0.3, -0.25) is 4.79 Å². The van der Waals surface area contributed by atoms with Crippen molar-refractivity contribution in [2.45, 2.75) is 13.3 Å². The van der Waals surface area contributed by atoms with Crippen LogP contribution in [-0.4, -0.2) is 17.9 Å². The molecule has 0 bridgehead atoms. The number of aryl methyl sites for hydroxylation is 1. The predicted molar refractivity (Wildman–Crippen MR) is 59.6 cm³/mol. The maximum Gasteiger partial charge on any atom is 0.310 e. The molecule has 2 nitrogen and oxygen atoms in total. The van der Waals surface area contributed by atoms with Crippen LogP contribution in [-0.2, 0) is 16.0 Å². The second kappa shape index (κ2) is 5.81. The van der Waals surface area contributed by atoms with Crippen LogP contribution in [0.4, 0.5) is 0 Å². The molecule has 0 amide bonds. The van der Waals surface area contributed by atoms with E-state index in [4.69, 9.17) is 4.74 Å². The fourth-order valence-electron chi connectivity index (χ4n) is 1.17. The van der Waals surface area contributed by atoms with Crippen LogP contribution in [0.1, 0.15) is 11.1 Å². The van der Waals surface area contributed by atoms with Gasteiger partial charge in [0.15, 0.2) is 0 Å². The van der Waals surface area contributed by atoms with Gasteiger partial charge in [0.25, 0.3) is 0 Å². The smallest absolute Gasteiger partial charge is 0.310 e. The van der Waals surface area contributed by atoms with E-state index in [0.717, 1.165) is 11.1 Å². The minimum atomic E-state index is -0.168. The molecule has 76 valence electrons. The second-order valence-corrected chi connectivity index (χ2v) is 3.81. The quantitative estimate of drug-likeness (QED) is 0.611. The third kappa shape index (κ3) is 3.50. The van der Waals surface area contributed by atoms with Crippen molar-refractivity contribution in [1.82, 2.24) is 0 Å². The normalized spacial score (nSPS) is 9.86. The summed E-state index contributed by atoms with van der Waals surface area (Å²) in [7, 11) is 0. The Bertz CT molecular complexity index is 310. The monoisotopic (exact) mass is 256 g/mol. The van der Waals surface area contributed by atoms with E-state index in [9.17, 15) is 4.79 Å². The van der Waals surface area contributed by atoms with Crippen LogP contribution in [0, 0.1) is 6.92 Å². The lowest BCUT2D eigenvalue weighted by molar-refractivity contribution is -0.142. The first kappa shape index (κ1) is 11.2. The molecular formula is C11H13BrO2. The number of alkyl halides is 1. The number of rotatable bonds is 4. The fourth-order valence-corrected chi connectivity index (χ4v) is 1.33. The van der Waals surface area contributed by atoms with E-state index in [0.29, 0.717) is 18.4 Å². The highest BCUT2D eigenvalue weighted by molar-refractivity contribution is 9.09. The van der Waals surface area contributed by atoms with Crippen molar-refractivity contribution < 1.29 is 9.53 Å². The van der Waals surface area contributed by atoms with Crippen molar-refractivity contribution in [2.24, 2.45) is 0 Å². The standard InChI is InChI=1S/C11H13BrO2/c1-9-4-2-3-5-10(9)8-11(13)14-7-6-12/h2-5H,6-8H2,1H3. The van der Waals surface area contributed by atoms with Crippen molar-refractivity contribution in [3.8, 4) is 0 Å². The van der Waals surface area contributed by atoms with Gasteiger partial charge in [0.05, 0.1) is 6.42 Å². The van der Waals surface area contributed by atoms with E-state index in [-0.39, 0.29) is 5.97 Å². The van der Waals surface area contributed by atoms with Gasteiger partial charge in [0, 0.05) is 5.33 Å². The molecule has 3 heteroatoms. The average molecular weight is 257 g/mol. The molecule has 0 aliphatic heterocycles. The van der Waals surface area contributed by atoms with Crippen molar-refractivity contribution in [2.75, 3.05) is 11.9 Å². The van der Waals surface area contributed by atoms with Gasteiger partial charge in [-0.15, -0.1) is 0 Å². The molecule has 0 spiro atoms. The summed E-state index contributed by atoms with van der Waals surface area (Å²) >= 11 is 3.20. The number of benzene rings is 1. The van der Waals surface area contributed by atoms with Gasteiger partial charge in [0.1, 0.15) is 6.61 Å². The first-order valence-electron chi connectivity index (χ1n) is 4.50. The summed E-state index contributed by atoms with van der Waals surface area (Å²) in [5, 5.41) is 0.687. The number of esters is 1. The van der Waals surface area contributed by atoms with Crippen molar-refractivity contribution in [3.05, 3.63) is 35.4 Å². The number of halogens is 1. The van der Waals surface area contributed by atoms with Crippen molar-refractivity contribution in [1.29, 1.82) is 0 Å². The van der Waals surface area contributed by atoms with E-state index >= 15 is 0 Å². The van der Waals surface area contributed by atoms with Crippen LogP contribution in [0.3, 0.4) is 0 Å². The van der Waals surface area contributed by atoms with Gasteiger partial charge in [-0.2, -0.15) is 0 Å². The van der Waals surface area contributed by atoms with Crippen LogP contribution in [0.15, 0.2) is 24.3 Å². The molecule has 0 aliphatic rings. The summed E-state index contributed by atoms with van der Waals surface area (Å²) in [4.78, 5) is 11.3. The minimum Gasteiger partial charge on any atom is -0.465 e. The number of hydrogen-bond donors (Lipinski definition) is 0. The van der Waals surface area contributed by atoms with Crippen LogP contribution in [0.5, 0.6) is 0 Å². The van der Waals surface area contributed by atoms with Crippen molar-refractivity contribution >= 4 is 21.9 Å². The summed E-state index contributed by atoms with van der Waals surface area (Å²) in [6, 6.07) is 7.83. The van der Waals surface area contributed by atoms with Crippen LogP contribution in [0.25, 0.3) is 0 Å². The lowest BCUT2D eigenvalue weighted by atomic mass is 10.1. The lowest BCUT2D eigenvalue weighted by Crippen LogP contribution is -2.10. The second-order valence-electron chi connectivity index (χ2n) is 3.01. The molecule has 0 atom stereocenters. The van der Waals surface area contributed by atoms with Gasteiger partial charge >= 0.3 is 5.97 Å². The van der Waals surface area contributed by atoms with E-state index in [1.165, 1.54) is 0 Å². The summed E-state index contributed by atoms with van der Waals surface area (Å²) < 4.78 is 4.96. The molecule has 1 aromatic carbocycles. The molecule has 0 saturated heterocycles. The highest BCUT2D eigenvalue weighted by Crippen LogP contribution is 2.08. The fraction of sp³-hybridized carbons (Fsp3) is 0.364.